The predicted octanol–water partition coefficient (Wildman–Crippen LogP) is 0.488. The zero-order valence-corrected chi connectivity index (χ0v) is 12.9. The Balaban J connectivity index is 2.14. The summed E-state index contributed by atoms with van der Waals surface area (Å²) < 4.78 is 0.995. The summed E-state index contributed by atoms with van der Waals surface area (Å²) in [6, 6.07) is 11.6. The molecule has 1 heterocycles. The van der Waals surface area contributed by atoms with Gasteiger partial charge in [0.05, 0.1) is 0 Å². The van der Waals surface area contributed by atoms with Gasteiger partial charge in [0, 0.05) is 0 Å². The van der Waals surface area contributed by atoms with Crippen LogP contribution in [0.25, 0.3) is 11.4 Å². The molecule has 19 heavy (non-hydrogen) atoms. The van der Waals surface area contributed by atoms with Gasteiger partial charge in [0.25, 0.3) is 0 Å². The molecule has 2 aromatic rings. The van der Waals surface area contributed by atoms with Gasteiger partial charge in [-0.1, -0.05) is 0 Å². The van der Waals surface area contributed by atoms with E-state index in [9.17, 15) is 4.79 Å². The molecule has 0 fully saturated rings. The first-order chi connectivity index (χ1) is 9.15. The van der Waals surface area contributed by atoms with Crippen LogP contribution in [0.1, 0.15) is 13.8 Å². The molecule has 0 saturated heterocycles. The summed E-state index contributed by atoms with van der Waals surface area (Å²) >= 11 is -0.537. The van der Waals surface area contributed by atoms with Crippen molar-refractivity contribution in [3.63, 3.8) is 0 Å². The molecule has 0 spiro atoms. The van der Waals surface area contributed by atoms with Crippen molar-refractivity contribution in [2.24, 2.45) is 0 Å². The molecule has 5 heteroatoms. The number of amides is 1. The van der Waals surface area contributed by atoms with E-state index in [1.54, 1.807) is 0 Å². The van der Waals surface area contributed by atoms with Crippen LogP contribution in [0, 0.1) is 6.20 Å². The van der Waals surface area contributed by atoms with Crippen molar-refractivity contribution in [2.45, 2.75) is 18.7 Å². The van der Waals surface area contributed by atoms with Crippen molar-refractivity contribution in [3.05, 3.63) is 42.6 Å². The van der Waals surface area contributed by atoms with Crippen LogP contribution in [0.5, 0.6) is 0 Å². The van der Waals surface area contributed by atoms with E-state index < -0.39 is 15.8 Å². The third-order valence-corrected chi connectivity index (χ3v) is 4.78. The molecule has 2 atom stereocenters. The first-order valence-electron chi connectivity index (χ1n) is 5.99. The molecular weight excluding hydrogens is 301 g/mol. The van der Waals surface area contributed by atoms with Gasteiger partial charge < -0.3 is 0 Å². The fourth-order valence-electron chi connectivity index (χ4n) is 1.68. The van der Waals surface area contributed by atoms with Crippen molar-refractivity contribution >= 4 is 26.1 Å². The minimum atomic E-state index is -0.537. The van der Waals surface area contributed by atoms with E-state index in [0.29, 0.717) is 5.82 Å². The fraction of sp³-hybridized carbons (Fsp3) is 0.214. The van der Waals surface area contributed by atoms with Crippen LogP contribution >= 0.6 is 0 Å². The van der Waals surface area contributed by atoms with Crippen LogP contribution in [0.2, 0.25) is 0 Å². The number of benzene rings is 1. The van der Waals surface area contributed by atoms with Gasteiger partial charge in [-0.2, -0.15) is 0 Å². The zero-order chi connectivity index (χ0) is 13.7. The molecule has 0 aliphatic heterocycles. The van der Waals surface area contributed by atoms with Crippen LogP contribution < -0.4 is 9.80 Å². The molecule has 0 aliphatic rings. The molecule has 1 N–H and O–H groups in total. The number of hydrogen-bond acceptors (Lipinski definition) is 3. The summed E-state index contributed by atoms with van der Waals surface area (Å²) in [4.78, 5) is 19.9. The summed E-state index contributed by atoms with van der Waals surface area (Å²) in [5, 5.41) is 2.89. The summed E-state index contributed by atoms with van der Waals surface area (Å²) in [6.07, 6.45) is 2.89. The van der Waals surface area contributed by atoms with E-state index in [2.05, 4.69) is 21.5 Å². The molecule has 2 unspecified atom stereocenters. The number of hydrogen-bond donors (Lipinski definition) is 1. The average Bonchev–Trinajstić information content (AvgIpc) is 2.39. The molecular formula is C14H15AsN3O. The minimum absolute atomic E-state index is 0.00225. The molecule has 4 nitrogen and oxygen atoms in total. The van der Waals surface area contributed by atoms with E-state index >= 15 is 0 Å². The second-order valence-corrected chi connectivity index (χ2v) is 7.64. The standard InChI is InChI=1S/C14H15AsN3O/c1-10(17-11(2)19)15-13-8-9-16-14(18-13)12-6-4-3-5-7-12/h3-8,10,15H,1-2H3,(H,17,19). The molecule has 1 aromatic heterocycles. The Morgan fingerprint density at radius 1 is 1.37 bits per heavy atom. The predicted molar refractivity (Wildman–Crippen MR) is 76.4 cm³/mol. The Labute approximate surface area is 119 Å². The number of carbonyl (C=O) groups excluding carboxylic acids is 1. The monoisotopic (exact) mass is 316 g/mol. The second kappa shape index (κ2) is 6.48. The fourth-order valence-corrected chi connectivity index (χ4v) is 3.86. The maximum atomic E-state index is 11.0. The molecule has 0 saturated carbocycles. The first kappa shape index (κ1) is 13.8. The van der Waals surface area contributed by atoms with Gasteiger partial charge in [-0.15, -0.1) is 0 Å². The zero-order valence-electron chi connectivity index (χ0n) is 10.8. The summed E-state index contributed by atoms with van der Waals surface area (Å²) in [5.74, 6) is 0.689. The number of aromatic nitrogens is 2. The van der Waals surface area contributed by atoms with Crippen LogP contribution in [0.3, 0.4) is 0 Å². The molecule has 0 bridgehead atoms. The third kappa shape index (κ3) is 4.18. The number of nitrogens with zero attached hydrogens (tertiary/aromatic N) is 2. The Morgan fingerprint density at radius 3 is 2.79 bits per heavy atom. The molecule has 0 aliphatic carbocycles. The van der Waals surface area contributed by atoms with E-state index in [-0.39, 0.29) is 10.7 Å². The van der Waals surface area contributed by atoms with E-state index in [4.69, 9.17) is 0 Å². The molecule has 97 valence electrons. The normalized spacial score (nSPS) is 12.5. The van der Waals surface area contributed by atoms with Crippen LogP contribution in [-0.2, 0) is 4.79 Å². The van der Waals surface area contributed by atoms with Crippen LogP contribution in [0.4, 0.5) is 0 Å². The number of nitrogens with one attached hydrogen (secondary N) is 1. The Hall–Kier alpha value is -1.67. The number of rotatable bonds is 4. The summed E-state index contributed by atoms with van der Waals surface area (Å²) in [7, 11) is 0. The van der Waals surface area contributed by atoms with Crippen LogP contribution in [0.15, 0.2) is 36.4 Å². The van der Waals surface area contributed by atoms with Crippen molar-refractivity contribution < 1.29 is 4.79 Å². The van der Waals surface area contributed by atoms with Gasteiger partial charge in [0.15, 0.2) is 0 Å². The van der Waals surface area contributed by atoms with Gasteiger partial charge >= 0.3 is 119 Å². The quantitative estimate of drug-likeness (QED) is 0.835. The van der Waals surface area contributed by atoms with Crippen molar-refractivity contribution in [3.8, 4) is 11.4 Å². The van der Waals surface area contributed by atoms with Gasteiger partial charge in [-0.05, 0) is 0 Å². The third-order valence-electron chi connectivity index (χ3n) is 2.41. The molecule has 2 rings (SSSR count). The van der Waals surface area contributed by atoms with Crippen molar-refractivity contribution in [1.29, 1.82) is 0 Å². The molecule has 1 radical (unpaired) electrons. The average molecular weight is 316 g/mol. The van der Waals surface area contributed by atoms with E-state index in [1.165, 1.54) is 6.92 Å². The Morgan fingerprint density at radius 2 is 2.11 bits per heavy atom. The van der Waals surface area contributed by atoms with Crippen molar-refractivity contribution in [1.82, 2.24) is 15.3 Å². The maximum absolute atomic E-state index is 11.0. The summed E-state index contributed by atoms with van der Waals surface area (Å²) in [5.41, 5.74) is 0.986. The molecule has 1 amide bonds. The second-order valence-electron chi connectivity index (χ2n) is 4.14. The van der Waals surface area contributed by atoms with E-state index in [1.807, 2.05) is 43.3 Å². The van der Waals surface area contributed by atoms with Crippen molar-refractivity contribution in [2.75, 3.05) is 0 Å². The Kier molecular flexibility index (Phi) is 4.69. The van der Waals surface area contributed by atoms with Gasteiger partial charge in [0.2, 0.25) is 0 Å². The van der Waals surface area contributed by atoms with Gasteiger partial charge in [-0.3, -0.25) is 0 Å². The summed E-state index contributed by atoms with van der Waals surface area (Å²) in [6.45, 7) is 3.54. The van der Waals surface area contributed by atoms with E-state index in [0.717, 1.165) is 10.0 Å². The van der Waals surface area contributed by atoms with Crippen LogP contribution in [-0.4, -0.2) is 36.5 Å². The Bertz CT molecular complexity index is 560. The molecule has 1 aromatic carbocycles. The first-order valence-corrected chi connectivity index (χ1v) is 8.25. The van der Waals surface area contributed by atoms with Gasteiger partial charge in [0.1, 0.15) is 0 Å². The van der Waals surface area contributed by atoms with Gasteiger partial charge in [-0.25, -0.2) is 0 Å². The topological polar surface area (TPSA) is 54.9 Å². The SMILES string of the molecule is CC(=O)NC(C)[AsH]c1c[c]nc(-c2ccccc2)n1. The number of carbonyl (C=O) groups is 1.